The Bertz CT molecular complexity index is 477. The molecule has 2 heterocycles. The quantitative estimate of drug-likeness (QED) is 0.745. The SMILES string of the molecule is CN/C=C(\C)c1cnc2cn[nH]c2c1.N.S. The van der Waals surface area contributed by atoms with Gasteiger partial charge in [0, 0.05) is 13.2 Å². The van der Waals surface area contributed by atoms with Crippen LogP contribution in [0, 0.1) is 0 Å². The van der Waals surface area contributed by atoms with E-state index in [1.807, 2.05) is 32.4 Å². The van der Waals surface area contributed by atoms with Crippen LogP contribution < -0.4 is 11.5 Å². The van der Waals surface area contributed by atoms with Gasteiger partial charge in [-0.3, -0.25) is 10.1 Å². The average molecular weight is 239 g/mol. The number of pyridine rings is 1. The van der Waals surface area contributed by atoms with E-state index in [0.29, 0.717) is 0 Å². The van der Waals surface area contributed by atoms with Crippen molar-refractivity contribution in [1.29, 1.82) is 0 Å². The summed E-state index contributed by atoms with van der Waals surface area (Å²) in [4.78, 5) is 4.28. The summed E-state index contributed by atoms with van der Waals surface area (Å²) in [5, 5.41) is 9.81. The zero-order valence-electron chi connectivity index (χ0n) is 9.41. The molecule has 0 unspecified atom stereocenters. The van der Waals surface area contributed by atoms with Crippen molar-refractivity contribution in [3.05, 3.63) is 30.2 Å². The Labute approximate surface area is 101 Å². The summed E-state index contributed by atoms with van der Waals surface area (Å²) in [5.41, 5.74) is 4.10. The van der Waals surface area contributed by atoms with Crippen LogP contribution in [0.1, 0.15) is 12.5 Å². The van der Waals surface area contributed by atoms with Crippen molar-refractivity contribution < 1.29 is 0 Å². The second-order valence-electron chi connectivity index (χ2n) is 3.14. The fraction of sp³-hybridized carbons (Fsp3) is 0.200. The molecule has 6 heteroatoms. The Morgan fingerprint density at radius 1 is 1.44 bits per heavy atom. The highest BCUT2D eigenvalue weighted by molar-refractivity contribution is 7.59. The van der Waals surface area contributed by atoms with Gasteiger partial charge in [-0.1, -0.05) is 0 Å². The minimum atomic E-state index is 0. The number of nitrogens with zero attached hydrogens (tertiary/aromatic N) is 2. The number of nitrogens with one attached hydrogen (secondary N) is 2. The van der Waals surface area contributed by atoms with Crippen molar-refractivity contribution in [3.8, 4) is 0 Å². The standard InChI is InChI=1S/C10H12N4.H3N.H2S/c1-7(4-11-2)8-3-9-10(12-5-8)6-13-14-9;;/h3-6,11H,1-2H3,(H,13,14);1H3;1H2/b7-4+;;. The zero-order chi connectivity index (χ0) is 9.97. The molecule has 0 spiro atoms. The van der Waals surface area contributed by atoms with E-state index in [0.717, 1.165) is 22.2 Å². The van der Waals surface area contributed by atoms with Crippen LogP contribution in [0.5, 0.6) is 0 Å². The minimum absolute atomic E-state index is 0. The Balaban J connectivity index is 0.00000112. The molecule has 0 aliphatic rings. The summed E-state index contributed by atoms with van der Waals surface area (Å²) in [6.45, 7) is 2.04. The Morgan fingerprint density at radius 3 is 2.88 bits per heavy atom. The van der Waals surface area contributed by atoms with Crippen LogP contribution in [0.3, 0.4) is 0 Å². The molecule has 0 bridgehead atoms. The molecule has 0 atom stereocenters. The van der Waals surface area contributed by atoms with Gasteiger partial charge in [-0.2, -0.15) is 18.6 Å². The van der Waals surface area contributed by atoms with E-state index < -0.39 is 0 Å². The van der Waals surface area contributed by atoms with Crippen LogP contribution in [-0.4, -0.2) is 22.2 Å². The largest absolute Gasteiger partial charge is 0.394 e. The first-order valence-electron chi connectivity index (χ1n) is 4.45. The van der Waals surface area contributed by atoms with E-state index in [4.69, 9.17) is 0 Å². The molecule has 5 nitrogen and oxygen atoms in total. The van der Waals surface area contributed by atoms with Gasteiger partial charge in [0.05, 0.1) is 11.7 Å². The van der Waals surface area contributed by atoms with Gasteiger partial charge in [-0.25, -0.2) is 0 Å². The van der Waals surface area contributed by atoms with E-state index >= 15 is 0 Å². The Morgan fingerprint density at radius 2 is 2.19 bits per heavy atom. The molecule has 0 aliphatic carbocycles. The summed E-state index contributed by atoms with van der Waals surface area (Å²) in [5.74, 6) is 0. The monoisotopic (exact) mass is 239 g/mol. The Hall–Kier alpha value is -1.53. The lowest BCUT2D eigenvalue weighted by molar-refractivity contribution is 1.10. The predicted molar refractivity (Wildman–Crippen MR) is 72.0 cm³/mol. The molecule has 2 aromatic heterocycles. The van der Waals surface area contributed by atoms with Gasteiger partial charge in [0.15, 0.2) is 0 Å². The molecular weight excluding hydrogens is 222 g/mol. The molecule has 0 radical (unpaired) electrons. The first kappa shape index (κ1) is 14.5. The van der Waals surface area contributed by atoms with Gasteiger partial charge in [0.1, 0.15) is 5.52 Å². The van der Waals surface area contributed by atoms with Crippen molar-refractivity contribution in [3.63, 3.8) is 0 Å². The highest BCUT2D eigenvalue weighted by atomic mass is 32.1. The molecule has 2 aromatic rings. The topological polar surface area (TPSA) is 88.6 Å². The van der Waals surface area contributed by atoms with Crippen LogP contribution in [0.4, 0.5) is 0 Å². The van der Waals surface area contributed by atoms with Crippen molar-refractivity contribution in [1.82, 2.24) is 26.6 Å². The van der Waals surface area contributed by atoms with Gasteiger partial charge in [0.2, 0.25) is 0 Å². The summed E-state index contributed by atoms with van der Waals surface area (Å²) in [6, 6.07) is 2.04. The van der Waals surface area contributed by atoms with Crippen LogP contribution in [0.25, 0.3) is 16.6 Å². The van der Waals surface area contributed by atoms with Gasteiger partial charge in [-0.05, 0) is 30.3 Å². The number of aromatic nitrogens is 3. The molecule has 0 saturated heterocycles. The van der Waals surface area contributed by atoms with Gasteiger partial charge in [0.25, 0.3) is 0 Å². The third kappa shape index (κ3) is 2.74. The second kappa shape index (κ2) is 6.14. The maximum atomic E-state index is 4.28. The summed E-state index contributed by atoms with van der Waals surface area (Å²) >= 11 is 0. The summed E-state index contributed by atoms with van der Waals surface area (Å²) in [6.07, 6.45) is 5.51. The molecule has 0 aromatic carbocycles. The fourth-order valence-corrected chi connectivity index (χ4v) is 1.35. The summed E-state index contributed by atoms with van der Waals surface area (Å²) < 4.78 is 0. The molecule has 2 rings (SSSR count). The number of rotatable bonds is 2. The third-order valence-electron chi connectivity index (χ3n) is 2.11. The van der Waals surface area contributed by atoms with E-state index in [1.165, 1.54) is 0 Å². The molecule has 16 heavy (non-hydrogen) atoms. The van der Waals surface area contributed by atoms with Gasteiger partial charge in [-0.15, -0.1) is 0 Å². The van der Waals surface area contributed by atoms with E-state index in [9.17, 15) is 0 Å². The van der Waals surface area contributed by atoms with E-state index in [-0.39, 0.29) is 19.6 Å². The minimum Gasteiger partial charge on any atom is -0.394 e. The second-order valence-corrected chi connectivity index (χ2v) is 3.14. The van der Waals surface area contributed by atoms with E-state index in [1.54, 1.807) is 6.20 Å². The van der Waals surface area contributed by atoms with Crippen LogP contribution in [-0.2, 0) is 0 Å². The number of H-pyrrole nitrogens is 1. The van der Waals surface area contributed by atoms with Crippen LogP contribution >= 0.6 is 13.5 Å². The number of hydrogen-bond acceptors (Lipinski definition) is 4. The van der Waals surface area contributed by atoms with Gasteiger partial charge >= 0.3 is 0 Å². The zero-order valence-corrected chi connectivity index (χ0v) is 10.4. The first-order chi connectivity index (χ1) is 6.81. The Kier molecular flexibility index (Phi) is 5.55. The first-order valence-corrected chi connectivity index (χ1v) is 4.45. The molecule has 5 N–H and O–H groups in total. The van der Waals surface area contributed by atoms with Crippen LogP contribution in [0.2, 0.25) is 0 Å². The average Bonchev–Trinajstić information content (AvgIpc) is 2.64. The van der Waals surface area contributed by atoms with Crippen molar-refractivity contribution >= 4 is 30.1 Å². The number of fused-ring (bicyclic) bond motifs is 1. The molecule has 0 amide bonds. The van der Waals surface area contributed by atoms with Crippen molar-refractivity contribution in [2.45, 2.75) is 6.92 Å². The normalized spacial score (nSPS) is 10.5. The highest BCUT2D eigenvalue weighted by Gasteiger charge is 2.00. The molecular formula is C10H17N5S. The molecule has 0 saturated carbocycles. The van der Waals surface area contributed by atoms with Crippen molar-refractivity contribution in [2.75, 3.05) is 7.05 Å². The maximum Gasteiger partial charge on any atom is 0.108 e. The fourth-order valence-electron chi connectivity index (χ4n) is 1.35. The van der Waals surface area contributed by atoms with Gasteiger partial charge < -0.3 is 11.5 Å². The third-order valence-corrected chi connectivity index (χ3v) is 2.11. The number of hydrogen-bond donors (Lipinski definition) is 3. The molecule has 88 valence electrons. The predicted octanol–water partition coefficient (Wildman–Crippen LogP) is 1.81. The lowest BCUT2D eigenvalue weighted by Gasteiger charge is -2.00. The summed E-state index contributed by atoms with van der Waals surface area (Å²) in [7, 11) is 1.88. The maximum absolute atomic E-state index is 4.28. The smallest absolute Gasteiger partial charge is 0.108 e. The molecule has 0 aliphatic heterocycles. The molecule has 0 fully saturated rings. The number of aromatic amines is 1. The number of allylic oxidation sites excluding steroid dienone is 1. The highest BCUT2D eigenvalue weighted by Crippen LogP contribution is 2.15. The van der Waals surface area contributed by atoms with E-state index in [2.05, 4.69) is 20.5 Å². The lowest BCUT2D eigenvalue weighted by Crippen LogP contribution is -1.94. The van der Waals surface area contributed by atoms with Crippen LogP contribution in [0.15, 0.2) is 24.7 Å². The lowest BCUT2D eigenvalue weighted by atomic mass is 10.1. The van der Waals surface area contributed by atoms with Crippen molar-refractivity contribution in [2.24, 2.45) is 0 Å².